The van der Waals surface area contributed by atoms with Crippen LogP contribution in [0, 0.1) is 5.92 Å². The van der Waals surface area contributed by atoms with Crippen molar-refractivity contribution in [1.82, 2.24) is 0 Å². The van der Waals surface area contributed by atoms with Gasteiger partial charge in [0.05, 0.1) is 25.7 Å². The molecular formula is C8H16O4S. The number of rotatable bonds is 8. The Bertz CT molecular complexity index is 140. The highest BCUT2D eigenvalue weighted by Crippen LogP contribution is 2.07. The summed E-state index contributed by atoms with van der Waals surface area (Å²) in [7, 11) is 0. The van der Waals surface area contributed by atoms with Crippen LogP contribution in [0.4, 0.5) is 0 Å². The van der Waals surface area contributed by atoms with E-state index >= 15 is 0 Å². The molecule has 5 heteroatoms. The number of thioether (sulfide) groups is 1. The first-order chi connectivity index (χ1) is 6.18. The molecule has 78 valence electrons. The topological polar surface area (TPSA) is 66.8 Å². The van der Waals surface area contributed by atoms with Gasteiger partial charge in [-0.25, -0.2) is 0 Å². The highest BCUT2D eigenvalue weighted by Gasteiger charge is 2.09. The van der Waals surface area contributed by atoms with Crippen molar-refractivity contribution in [2.45, 2.75) is 6.92 Å². The molecule has 0 amide bonds. The predicted molar refractivity (Wildman–Crippen MR) is 52.0 cm³/mol. The van der Waals surface area contributed by atoms with Gasteiger partial charge in [-0.1, -0.05) is 6.92 Å². The average molecular weight is 208 g/mol. The van der Waals surface area contributed by atoms with Gasteiger partial charge in [-0.3, -0.25) is 4.79 Å². The van der Waals surface area contributed by atoms with E-state index in [-0.39, 0.29) is 12.5 Å². The quantitative estimate of drug-likeness (QED) is 0.567. The van der Waals surface area contributed by atoms with Crippen LogP contribution < -0.4 is 0 Å². The SMILES string of the molecule is CC(CSCCOCCO)C(=O)O. The van der Waals surface area contributed by atoms with Gasteiger partial charge in [0, 0.05) is 11.5 Å². The number of hydrogen-bond donors (Lipinski definition) is 2. The van der Waals surface area contributed by atoms with E-state index < -0.39 is 5.97 Å². The van der Waals surface area contributed by atoms with Crippen molar-refractivity contribution in [2.75, 3.05) is 31.3 Å². The lowest BCUT2D eigenvalue weighted by molar-refractivity contribution is -0.140. The summed E-state index contributed by atoms with van der Waals surface area (Å²) in [6.45, 7) is 2.65. The molecule has 0 radical (unpaired) electrons. The second-order valence-corrected chi connectivity index (χ2v) is 3.80. The Kier molecular flexibility index (Phi) is 8.18. The van der Waals surface area contributed by atoms with E-state index in [1.165, 1.54) is 0 Å². The molecule has 13 heavy (non-hydrogen) atoms. The fourth-order valence-electron chi connectivity index (χ4n) is 0.616. The van der Waals surface area contributed by atoms with Crippen LogP contribution in [0.1, 0.15) is 6.92 Å². The summed E-state index contributed by atoms with van der Waals surface area (Å²) in [6, 6.07) is 0. The number of aliphatic carboxylic acids is 1. The zero-order chi connectivity index (χ0) is 10.1. The van der Waals surface area contributed by atoms with E-state index in [1.807, 2.05) is 0 Å². The zero-order valence-electron chi connectivity index (χ0n) is 7.73. The molecule has 1 atom stereocenters. The van der Waals surface area contributed by atoms with Crippen molar-refractivity contribution >= 4 is 17.7 Å². The van der Waals surface area contributed by atoms with Crippen LogP contribution in [-0.2, 0) is 9.53 Å². The lowest BCUT2D eigenvalue weighted by atomic mass is 10.2. The molecule has 0 aliphatic rings. The van der Waals surface area contributed by atoms with Gasteiger partial charge in [-0.05, 0) is 0 Å². The largest absolute Gasteiger partial charge is 0.481 e. The third-order valence-corrected chi connectivity index (χ3v) is 2.59. The first-order valence-electron chi connectivity index (χ1n) is 4.17. The molecule has 0 bridgehead atoms. The highest BCUT2D eigenvalue weighted by atomic mass is 32.2. The fourth-order valence-corrected chi connectivity index (χ4v) is 1.51. The Balaban J connectivity index is 3.11. The molecular weight excluding hydrogens is 192 g/mol. The maximum absolute atomic E-state index is 10.4. The number of ether oxygens (including phenoxy) is 1. The van der Waals surface area contributed by atoms with E-state index in [2.05, 4.69) is 0 Å². The number of aliphatic hydroxyl groups excluding tert-OH is 1. The third kappa shape index (κ3) is 8.08. The van der Waals surface area contributed by atoms with Gasteiger partial charge in [0.2, 0.25) is 0 Å². The minimum Gasteiger partial charge on any atom is -0.481 e. The van der Waals surface area contributed by atoms with Crippen LogP contribution in [0.5, 0.6) is 0 Å². The van der Waals surface area contributed by atoms with Crippen LogP contribution in [0.15, 0.2) is 0 Å². The van der Waals surface area contributed by atoms with Gasteiger partial charge >= 0.3 is 5.97 Å². The Morgan fingerprint density at radius 1 is 1.54 bits per heavy atom. The summed E-state index contributed by atoms with van der Waals surface area (Å²) in [5, 5.41) is 16.9. The van der Waals surface area contributed by atoms with Gasteiger partial charge in [0.1, 0.15) is 0 Å². The van der Waals surface area contributed by atoms with Gasteiger partial charge in [0.15, 0.2) is 0 Å². The van der Waals surface area contributed by atoms with Crippen LogP contribution in [-0.4, -0.2) is 47.5 Å². The Morgan fingerprint density at radius 2 is 2.23 bits per heavy atom. The molecule has 0 aliphatic carbocycles. The van der Waals surface area contributed by atoms with E-state index in [9.17, 15) is 4.79 Å². The fraction of sp³-hybridized carbons (Fsp3) is 0.875. The maximum Gasteiger partial charge on any atom is 0.307 e. The molecule has 0 saturated heterocycles. The molecule has 0 rings (SSSR count). The lowest BCUT2D eigenvalue weighted by Gasteiger charge is -2.05. The molecule has 0 aromatic carbocycles. The number of carboxylic acid groups (broad SMARTS) is 1. The smallest absolute Gasteiger partial charge is 0.307 e. The normalized spacial score (nSPS) is 12.8. The minimum atomic E-state index is -0.760. The number of carbonyl (C=O) groups is 1. The molecule has 4 nitrogen and oxygen atoms in total. The standard InChI is InChI=1S/C8H16O4S/c1-7(8(10)11)6-13-5-4-12-3-2-9/h7,9H,2-6H2,1H3,(H,10,11). The summed E-state index contributed by atoms with van der Waals surface area (Å²) in [4.78, 5) is 10.4. The van der Waals surface area contributed by atoms with E-state index in [0.717, 1.165) is 5.75 Å². The van der Waals surface area contributed by atoms with Crippen LogP contribution >= 0.6 is 11.8 Å². The Hall–Kier alpha value is -0.260. The van der Waals surface area contributed by atoms with Crippen molar-refractivity contribution in [3.05, 3.63) is 0 Å². The predicted octanol–water partition coefficient (Wildman–Crippen LogP) is 0.449. The summed E-state index contributed by atoms with van der Waals surface area (Å²) in [5.74, 6) is 0.321. The molecule has 0 aromatic heterocycles. The number of carboxylic acids is 1. The van der Waals surface area contributed by atoms with E-state index in [0.29, 0.717) is 19.0 Å². The lowest BCUT2D eigenvalue weighted by Crippen LogP contribution is -2.12. The first kappa shape index (κ1) is 12.7. The second kappa shape index (κ2) is 8.34. The Morgan fingerprint density at radius 3 is 2.77 bits per heavy atom. The van der Waals surface area contributed by atoms with Gasteiger partial charge in [0.25, 0.3) is 0 Å². The zero-order valence-corrected chi connectivity index (χ0v) is 8.55. The number of hydrogen-bond acceptors (Lipinski definition) is 4. The molecule has 2 N–H and O–H groups in total. The summed E-state index contributed by atoms with van der Waals surface area (Å²) in [6.07, 6.45) is 0. The maximum atomic E-state index is 10.4. The summed E-state index contributed by atoms with van der Waals surface area (Å²) < 4.78 is 5.01. The molecule has 0 heterocycles. The van der Waals surface area contributed by atoms with Gasteiger partial charge in [-0.2, -0.15) is 11.8 Å². The van der Waals surface area contributed by atoms with Gasteiger partial charge < -0.3 is 14.9 Å². The molecule has 0 aromatic rings. The van der Waals surface area contributed by atoms with E-state index in [1.54, 1.807) is 18.7 Å². The second-order valence-electron chi connectivity index (χ2n) is 2.65. The summed E-state index contributed by atoms with van der Waals surface area (Å²) >= 11 is 1.55. The molecule has 0 saturated carbocycles. The van der Waals surface area contributed by atoms with Crippen LogP contribution in [0.3, 0.4) is 0 Å². The number of aliphatic hydroxyl groups is 1. The van der Waals surface area contributed by atoms with E-state index in [4.69, 9.17) is 14.9 Å². The Labute approximate surface area is 82.3 Å². The van der Waals surface area contributed by atoms with Crippen LogP contribution in [0.2, 0.25) is 0 Å². The molecule has 1 unspecified atom stereocenters. The van der Waals surface area contributed by atoms with Crippen LogP contribution in [0.25, 0.3) is 0 Å². The molecule has 0 spiro atoms. The van der Waals surface area contributed by atoms with Crippen molar-refractivity contribution < 1.29 is 19.7 Å². The first-order valence-corrected chi connectivity index (χ1v) is 5.33. The van der Waals surface area contributed by atoms with Gasteiger partial charge in [-0.15, -0.1) is 0 Å². The van der Waals surface area contributed by atoms with Crippen molar-refractivity contribution in [3.8, 4) is 0 Å². The molecule has 0 aliphatic heterocycles. The summed E-state index contributed by atoms with van der Waals surface area (Å²) in [5.41, 5.74) is 0. The minimum absolute atomic E-state index is 0.0379. The van der Waals surface area contributed by atoms with Crippen molar-refractivity contribution in [1.29, 1.82) is 0 Å². The molecule has 0 fully saturated rings. The van der Waals surface area contributed by atoms with Crippen molar-refractivity contribution in [2.24, 2.45) is 5.92 Å². The van der Waals surface area contributed by atoms with Crippen molar-refractivity contribution in [3.63, 3.8) is 0 Å². The highest BCUT2D eigenvalue weighted by molar-refractivity contribution is 7.99. The average Bonchev–Trinajstić information content (AvgIpc) is 2.10. The monoisotopic (exact) mass is 208 g/mol. The third-order valence-electron chi connectivity index (χ3n) is 1.40.